The summed E-state index contributed by atoms with van der Waals surface area (Å²) in [6.07, 6.45) is -4.55. The minimum Gasteiger partial charge on any atom is -0.320 e. The predicted octanol–water partition coefficient (Wildman–Crippen LogP) is 4.26. The van der Waals surface area contributed by atoms with Gasteiger partial charge in [0.05, 0.1) is 11.6 Å². The zero-order valence-electron chi connectivity index (χ0n) is 9.96. The highest BCUT2D eigenvalue weighted by molar-refractivity contribution is 7.12. The lowest BCUT2D eigenvalue weighted by molar-refractivity contribution is -0.138. The quantitative estimate of drug-likeness (QED) is 0.821. The van der Waals surface area contributed by atoms with Crippen molar-refractivity contribution in [3.05, 3.63) is 57.0 Å². The smallest absolute Gasteiger partial charge is 0.320 e. The van der Waals surface area contributed by atoms with Crippen LogP contribution in [0.1, 0.15) is 26.9 Å². The molecule has 0 spiro atoms. The SMILES string of the molecule is Cc1ccc(C(N)c2cc(F)ccc2C(F)(F)F)s1. The van der Waals surface area contributed by atoms with Gasteiger partial charge in [0.1, 0.15) is 5.82 Å². The first-order chi connectivity index (χ1) is 8.79. The van der Waals surface area contributed by atoms with Crippen LogP contribution in [-0.2, 0) is 6.18 Å². The molecule has 6 heteroatoms. The maximum atomic E-state index is 13.2. The molecule has 19 heavy (non-hydrogen) atoms. The number of nitrogens with two attached hydrogens (primary N) is 1. The van der Waals surface area contributed by atoms with Crippen LogP contribution in [0.15, 0.2) is 30.3 Å². The lowest BCUT2D eigenvalue weighted by Crippen LogP contribution is -2.18. The number of thiophene rings is 1. The number of hydrogen-bond donors (Lipinski definition) is 1. The fourth-order valence-electron chi connectivity index (χ4n) is 1.82. The highest BCUT2D eigenvalue weighted by Gasteiger charge is 2.35. The summed E-state index contributed by atoms with van der Waals surface area (Å²) < 4.78 is 51.9. The summed E-state index contributed by atoms with van der Waals surface area (Å²) in [5, 5.41) is 0. The Morgan fingerprint density at radius 2 is 1.84 bits per heavy atom. The van der Waals surface area contributed by atoms with Crippen LogP contribution in [-0.4, -0.2) is 0 Å². The normalized spacial score (nSPS) is 13.6. The summed E-state index contributed by atoms with van der Waals surface area (Å²) in [6, 6.07) is 4.82. The first-order valence-electron chi connectivity index (χ1n) is 5.47. The van der Waals surface area contributed by atoms with E-state index >= 15 is 0 Å². The summed E-state index contributed by atoms with van der Waals surface area (Å²) in [7, 11) is 0. The van der Waals surface area contributed by atoms with Gasteiger partial charge < -0.3 is 5.73 Å². The Bertz CT molecular complexity index is 589. The molecular weight excluding hydrogens is 278 g/mol. The number of benzene rings is 1. The molecule has 1 nitrogen and oxygen atoms in total. The molecule has 0 bridgehead atoms. The number of alkyl halides is 3. The largest absolute Gasteiger partial charge is 0.416 e. The molecule has 0 saturated carbocycles. The molecule has 0 aliphatic carbocycles. The molecule has 1 unspecified atom stereocenters. The standard InChI is InChI=1S/C13H11F4NS/c1-7-2-5-11(19-7)12(18)9-6-8(14)3-4-10(9)13(15,16)17/h2-6,12H,18H2,1H3. The van der Waals surface area contributed by atoms with Gasteiger partial charge in [0.2, 0.25) is 0 Å². The molecule has 0 saturated heterocycles. The van der Waals surface area contributed by atoms with Crippen LogP contribution in [0, 0.1) is 12.7 Å². The fourth-order valence-corrected chi connectivity index (χ4v) is 2.72. The van der Waals surface area contributed by atoms with Crippen LogP contribution >= 0.6 is 11.3 Å². The summed E-state index contributed by atoms with van der Waals surface area (Å²) in [5.74, 6) is -0.730. The van der Waals surface area contributed by atoms with Crippen molar-refractivity contribution in [3.63, 3.8) is 0 Å². The van der Waals surface area contributed by atoms with E-state index in [4.69, 9.17) is 5.73 Å². The third kappa shape index (κ3) is 2.96. The monoisotopic (exact) mass is 289 g/mol. The Morgan fingerprint density at radius 1 is 1.16 bits per heavy atom. The van der Waals surface area contributed by atoms with Crippen molar-refractivity contribution in [3.8, 4) is 0 Å². The van der Waals surface area contributed by atoms with E-state index in [1.807, 2.05) is 6.92 Å². The first kappa shape index (κ1) is 14.0. The van der Waals surface area contributed by atoms with Crippen LogP contribution in [0.5, 0.6) is 0 Å². The molecule has 0 radical (unpaired) electrons. The Balaban J connectivity index is 2.51. The lowest BCUT2D eigenvalue weighted by Gasteiger charge is -2.17. The van der Waals surface area contributed by atoms with Crippen LogP contribution in [0.2, 0.25) is 0 Å². The number of halogens is 4. The molecule has 2 aromatic rings. The number of rotatable bonds is 2. The van der Waals surface area contributed by atoms with Crippen molar-refractivity contribution >= 4 is 11.3 Å². The second-order valence-corrected chi connectivity index (χ2v) is 5.47. The molecule has 1 atom stereocenters. The van der Waals surface area contributed by atoms with Crippen LogP contribution in [0.4, 0.5) is 17.6 Å². The molecule has 0 aliphatic rings. The van der Waals surface area contributed by atoms with Gasteiger partial charge in [-0.15, -0.1) is 11.3 Å². The average Bonchev–Trinajstić information content (AvgIpc) is 2.73. The second-order valence-electron chi connectivity index (χ2n) is 4.16. The molecule has 2 N–H and O–H groups in total. The molecule has 102 valence electrons. The van der Waals surface area contributed by atoms with Gasteiger partial charge in [0, 0.05) is 9.75 Å². The van der Waals surface area contributed by atoms with Gasteiger partial charge >= 0.3 is 6.18 Å². The maximum Gasteiger partial charge on any atom is 0.416 e. The van der Waals surface area contributed by atoms with E-state index in [0.717, 1.165) is 23.1 Å². The molecule has 2 rings (SSSR count). The van der Waals surface area contributed by atoms with E-state index < -0.39 is 23.6 Å². The predicted molar refractivity (Wildman–Crippen MR) is 66.5 cm³/mol. The molecular formula is C13H11F4NS. The maximum absolute atomic E-state index is 13.2. The van der Waals surface area contributed by atoms with Gasteiger partial charge in [-0.3, -0.25) is 0 Å². The van der Waals surface area contributed by atoms with E-state index in [-0.39, 0.29) is 5.56 Å². The first-order valence-corrected chi connectivity index (χ1v) is 6.29. The minimum atomic E-state index is -4.55. The Kier molecular flexibility index (Phi) is 3.64. The third-order valence-corrected chi connectivity index (χ3v) is 3.81. The molecule has 1 aromatic carbocycles. The Morgan fingerprint density at radius 3 is 2.37 bits per heavy atom. The van der Waals surface area contributed by atoms with Gasteiger partial charge in [0.15, 0.2) is 0 Å². The van der Waals surface area contributed by atoms with E-state index in [1.54, 1.807) is 12.1 Å². The second kappa shape index (κ2) is 4.94. The highest BCUT2D eigenvalue weighted by Crippen LogP contribution is 2.37. The summed E-state index contributed by atoms with van der Waals surface area (Å²) in [5.41, 5.74) is 4.70. The summed E-state index contributed by atoms with van der Waals surface area (Å²) in [6.45, 7) is 1.83. The van der Waals surface area contributed by atoms with Crippen molar-refractivity contribution in [1.29, 1.82) is 0 Å². The van der Waals surface area contributed by atoms with Gasteiger partial charge in [0.25, 0.3) is 0 Å². The van der Waals surface area contributed by atoms with E-state index in [9.17, 15) is 17.6 Å². The van der Waals surface area contributed by atoms with Gasteiger partial charge in [-0.05, 0) is 42.8 Å². The van der Waals surface area contributed by atoms with Crippen molar-refractivity contribution in [2.45, 2.75) is 19.1 Å². The molecule has 0 amide bonds. The van der Waals surface area contributed by atoms with Crippen LogP contribution in [0.25, 0.3) is 0 Å². The van der Waals surface area contributed by atoms with Crippen molar-refractivity contribution in [2.75, 3.05) is 0 Å². The van der Waals surface area contributed by atoms with Gasteiger partial charge in [-0.1, -0.05) is 0 Å². The highest BCUT2D eigenvalue weighted by atomic mass is 32.1. The summed E-state index contributed by atoms with van der Waals surface area (Å²) >= 11 is 1.30. The number of aryl methyl sites for hydroxylation is 1. The number of hydrogen-bond acceptors (Lipinski definition) is 2. The molecule has 1 heterocycles. The summed E-state index contributed by atoms with van der Waals surface area (Å²) in [4.78, 5) is 1.52. The molecule has 0 aliphatic heterocycles. The van der Waals surface area contributed by atoms with E-state index in [1.165, 1.54) is 11.3 Å². The van der Waals surface area contributed by atoms with Crippen molar-refractivity contribution in [1.82, 2.24) is 0 Å². The van der Waals surface area contributed by atoms with Crippen molar-refractivity contribution in [2.24, 2.45) is 5.73 Å². The zero-order chi connectivity index (χ0) is 14.2. The Labute approximate surface area is 111 Å². The van der Waals surface area contributed by atoms with Gasteiger partial charge in [-0.25, -0.2) is 4.39 Å². The van der Waals surface area contributed by atoms with E-state index in [0.29, 0.717) is 4.88 Å². The molecule has 0 fully saturated rings. The van der Waals surface area contributed by atoms with Gasteiger partial charge in [-0.2, -0.15) is 13.2 Å². The average molecular weight is 289 g/mol. The third-order valence-electron chi connectivity index (χ3n) is 2.72. The topological polar surface area (TPSA) is 26.0 Å². The fraction of sp³-hybridized carbons (Fsp3) is 0.231. The van der Waals surface area contributed by atoms with Crippen molar-refractivity contribution < 1.29 is 17.6 Å². The minimum absolute atomic E-state index is 0.241. The van der Waals surface area contributed by atoms with Crippen LogP contribution < -0.4 is 5.73 Å². The zero-order valence-corrected chi connectivity index (χ0v) is 10.8. The lowest BCUT2D eigenvalue weighted by atomic mass is 9.99. The van der Waals surface area contributed by atoms with E-state index in [2.05, 4.69) is 0 Å². The van der Waals surface area contributed by atoms with Crippen LogP contribution in [0.3, 0.4) is 0 Å². The Hall–Kier alpha value is -1.40. The molecule has 1 aromatic heterocycles.